The van der Waals surface area contributed by atoms with Crippen LogP contribution in [0.3, 0.4) is 0 Å². The SMILES string of the molecule is CO[C@@H]1CCC[C@@]12CCCN(C(=O)c1ccccc1OCCc1ccccc1)C2. The van der Waals surface area contributed by atoms with Crippen LogP contribution in [-0.2, 0) is 11.2 Å². The summed E-state index contributed by atoms with van der Waals surface area (Å²) in [7, 11) is 1.81. The zero-order chi connectivity index (χ0) is 20.1. The second-order valence-corrected chi connectivity index (χ2v) is 8.39. The fourth-order valence-electron chi connectivity index (χ4n) is 5.14. The van der Waals surface area contributed by atoms with Crippen molar-refractivity contribution in [3.05, 3.63) is 65.7 Å². The first kappa shape index (κ1) is 20.0. The maximum Gasteiger partial charge on any atom is 0.257 e. The maximum absolute atomic E-state index is 13.4. The van der Waals surface area contributed by atoms with E-state index in [1.807, 2.05) is 54.5 Å². The molecule has 4 heteroatoms. The Labute approximate surface area is 173 Å². The fourth-order valence-corrected chi connectivity index (χ4v) is 5.14. The molecular weight excluding hydrogens is 362 g/mol. The van der Waals surface area contributed by atoms with Crippen LogP contribution < -0.4 is 4.74 Å². The second-order valence-electron chi connectivity index (χ2n) is 8.39. The third-order valence-corrected chi connectivity index (χ3v) is 6.61. The summed E-state index contributed by atoms with van der Waals surface area (Å²) in [5, 5.41) is 0. The van der Waals surface area contributed by atoms with Crippen molar-refractivity contribution in [2.24, 2.45) is 5.41 Å². The standard InChI is InChI=1S/C25H31NO3/c1-28-23-13-7-15-25(23)16-8-17-26(19-25)24(27)21-11-5-6-12-22(21)29-18-14-20-9-3-2-4-10-20/h2-6,9-12,23H,7-8,13-19H2,1H3/t23-,25+/m1/s1. The van der Waals surface area contributed by atoms with Gasteiger partial charge in [0, 0.05) is 32.0 Å². The van der Waals surface area contributed by atoms with Crippen molar-refractivity contribution in [1.29, 1.82) is 0 Å². The van der Waals surface area contributed by atoms with E-state index in [0.717, 1.165) is 45.2 Å². The molecule has 2 aliphatic rings. The summed E-state index contributed by atoms with van der Waals surface area (Å²) in [5.74, 6) is 0.768. The van der Waals surface area contributed by atoms with E-state index in [1.54, 1.807) is 0 Å². The predicted octanol–water partition coefficient (Wildman–Crippen LogP) is 4.73. The molecule has 1 heterocycles. The Hall–Kier alpha value is -2.33. The van der Waals surface area contributed by atoms with Gasteiger partial charge in [0.15, 0.2) is 0 Å². The van der Waals surface area contributed by atoms with Gasteiger partial charge in [-0.15, -0.1) is 0 Å². The van der Waals surface area contributed by atoms with Crippen LogP contribution >= 0.6 is 0 Å². The Morgan fingerprint density at radius 2 is 1.83 bits per heavy atom. The predicted molar refractivity (Wildman–Crippen MR) is 114 cm³/mol. The molecule has 2 atom stereocenters. The van der Waals surface area contributed by atoms with E-state index in [9.17, 15) is 4.79 Å². The zero-order valence-electron chi connectivity index (χ0n) is 17.3. The van der Waals surface area contributed by atoms with Gasteiger partial charge in [-0.3, -0.25) is 4.79 Å². The lowest BCUT2D eigenvalue weighted by Crippen LogP contribution is -2.49. The van der Waals surface area contributed by atoms with Gasteiger partial charge in [0.25, 0.3) is 5.91 Å². The van der Waals surface area contributed by atoms with Gasteiger partial charge in [-0.1, -0.05) is 48.9 Å². The molecule has 154 valence electrons. The molecule has 29 heavy (non-hydrogen) atoms. The highest BCUT2D eigenvalue weighted by molar-refractivity contribution is 5.97. The number of hydrogen-bond donors (Lipinski definition) is 0. The molecule has 1 aliphatic heterocycles. The van der Waals surface area contributed by atoms with Gasteiger partial charge in [0.2, 0.25) is 0 Å². The summed E-state index contributed by atoms with van der Waals surface area (Å²) in [6.07, 6.45) is 6.76. The number of benzene rings is 2. The third kappa shape index (κ3) is 4.32. The summed E-state index contributed by atoms with van der Waals surface area (Å²) >= 11 is 0. The van der Waals surface area contributed by atoms with E-state index in [1.165, 1.54) is 12.0 Å². The molecule has 1 aliphatic carbocycles. The molecule has 1 saturated heterocycles. The van der Waals surface area contributed by atoms with Crippen LogP contribution in [0.25, 0.3) is 0 Å². The highest BCUT2D eigenvalue weighted by Gasteiger charge is 2.46. The molecule has 1 spiro atoms. The zero-order valence-corrected chi connectivity index (χ0v) is 17.3. The van der Waals surface area contributed by atoms with Crippen LogP contribution in [0.4, 0.5) is 0 Å². The summed E-state index contributed by atoms with van der Waals surface area (Å²) < 4.78 is 11.8. The molecule has 0 N–H and O–H groups in total. The van der Waals surface area contributed by atoms with Crippen LogP contribution in [0, 0.1) is 5.41 Å². The van der Waals surface area contributed by atoms with Gasteiger partial charge < -0.3 is 14.4 Å². The van der Waals surface area contributed by atoms with E-state index >= 15 is 0 Å². The minimum Gasteiger partial charge on any atom is -0.492 e. The average molecular weight is 394 g/mol. The van der Waals surface area contributed by atoms with Crippen LogP contribution in [0.5, 0.6) is 5.75 Å². The lowest BCUT2D eigenvalue weighted by Gasteiger charge is -2.43. The van der Waals surface area contributed by atoms with Crippen LogP contribution in [0.1, 0.15) is 48.0 Å². The van der Waals surface area contributed by atoms with Gasteiger partial charge in [-0.05, 0) is 43.4 Å². The Bertz CT molecular complexity index is 822. The number of nitrogens with zero attached hydrogens (tertiary/aromatic N) is 1. The number of carbonyl (C=O) groups is 1. The molecule has 2 fully saturated rings. The van der Waals surface area contributed by atoms with Crippen LogP contribution in [0.15, 0.2) is 54.6 Å². The highest BCUT2D eigenvalue weighted by atomic mass is 16.5. The van der Waals surface area contributed by atoms with Crippen molar-refractivity contribution in [3.8, 4) is 5.75 Å². The largest absolute Gasteiger partial charge is 0.492 e. The van der Waals surface area contributed by atoms with E-state index in [2.05, 4.69) is 12.1 Å². The molecule has 4 rings (SSSR count). The molecule has 0 aromatic heterocycles. The van der Waals surface area contributed by atoms with Crippen molar-refractivity contribution in [3.63, 3.8) is 0 Å². The fraction of sp³-hybridized carbons (Fsp3) is 0.480. The molecule has 1 saturated carbocycles. The summed E-state index contributed by atoms with van der Waals surface area (Å²) in [4.78, 5) is 15.4. The molecule has 4 nitrogen and oxygen atoms in total. The lowest BCUT2D eigenvalue weighted by atomic mass is 9.76. The quantitative estimate of drug-likeness (QED) is 0.712. The molecule has 1 amide bonds. The first-order valence-corrected chi connectivity index (χ1v) is 10.8. The van der Waals surface area contributed by atoms with Crippen molar-refractivity contribution in [2.45, 2.75) is 44.6 Å². The molecule has 2 aromatic carbocycles. The first-order valence-electron chi connectivity index (χ1n) is 10.8. The normalized spacial score (nSPS) is 24.0. The Morgan fingerprint density at radius 1 is 1.07 bits per heavy atom. The number of para-hydroxylation sites is 1. The molecule has 0 unspecified atom stereocenters. The third-order valence-electron chi connectivity index (χ3n) is 6.61. The van der Waals surface area contributed by atoms with Crippen molar-refractivity contribution in [2.75, 3.05) is 26.8 Å². The van der Waals surface area contributed by atoms with Gasteiger partial charge in [-0.25, -0.2) is 0 Å². The highest BCUT2D eigenvalue weighted by Crippen LogP contribution is 2.46. The summed E-state index contributed by atoms with van der Waals surface area (Å²) in [6, 6.07) is 17.9. The number of methoxy groups -OCH3 is 1. The molecular formula is C25H31NO3. The second kappa shape index (κ2) is 9.00. The smallest absolute Gasteiger partial charge is 0.257 e. The van der Waals surface area contributed by atoms with E-state index in [4.69, 9.17) is 9.47 Å². The number of amides is 1. The number of piperidine rings is 1. The average Bonchev–Trinajstić information content (AvgIpc) is 3.15. The van der Waals surface area contributed by atoms with Gasteiger partial charge in [-0.2, -0.15) is 0 Å². The minimum atomic E-state index is 0.0844. The number of rotatable bonds is 6. The number of likely N-dealkylation sites (tertiary alicyclic amines) is 1. The number of carbonyl (C=O) groups excluding carboxylic acids is 1. The van der Waals surface area contributed by atoms with Gasteiger partial charge in [0.05, 0.1) is 18.3 Å². The lowest BCUT2D eigenvalue weighted by molar-refractivity contribution is -0.0296. The van der Waals surface area contributed by atoms with Crippen LogP contribution in [-0.4, -0.2) is 43.7 Å². The number of hydrogen-bond acceptors (Lipinski definition) is 3. The maximum atomic E-state index is 13.4. The van der Waals surface area contributed by atoms with Gasteiger partial charge in [0.1, 0.15) is 5.75 Å². The Kier molecular flexibility index (Phi) is 6.19. The van der Waals surface area contributed by atoms with E-state index in [0.29, 0.717) is 17.9 Å². The van der Waals surface area contributed by atoms with Crippen molar-refractivity contribution in [1.82, 2.24) is 4.90 Å². The Balaban J connectivity index is 1.44. The van der Waals surface area contributed by atoms with E-state index in [-0.39, 0.29) is 17.4 Å². The van der Waals surface area contributed by atoms with Crippen molar-refractivity contribution < 1.29 is 14.3 Å². The summed E-state index contributed by atoms with van der Waals surface area (Å²) in [6.45, 7) is 2.17. The number of ether oxygens (including phenoxy) is 2. The Morgan fingerprint density at radius 3 is 2.66 bits per heavy atom. The molecule has 0 bridgehead atoms. The topological polar surface area (TPSA) is 38.8 Å². The minimum absolute atomic E-state index is 0.0844. The summed E-state index contributed by atoms with van der Waals surface area (Å²) in [5.41, 5.74) is 2.04. The van der Waals surface area contributed by atoms with Gasteiger partial charge >= 0.3 is 0 Å². The molecule has 0 radical (unpaired) electrons. The monoisotopic (exact) mass is 393 g/mol. The first-order chi connectivity index (χ1) is 14.2. The van der Waals surface area contributed by atoms with Crippen molar-refractivity contribution >= 4 is 5.91 Å². The molecule has 2 aromatic rings. The van der Waals surface area contributed by atoms with Crippen LogP contribution in [0.2, 0.25) is 0 Å². The van der Waals surface area contributed by atoms with E-state index < -0.39 is 0 Å².